The maximum atomic E-state index is 6.16. The number of methoxy groups -OCH3 is 1. The second-order valence-corrected chi connectivity index (χ2v) is 7.20. The minimum atomic E-state index is 0.471. The Morgan fingerprint density at radius 2 is 1.96 bits per heavy atom. The van der Waals surface area contributed by atoms with Crippen LogP contribution in [0.1, 0.15) is 5.89 Å². The Balaban J connectivity index is 1.46. The highest BCUT2D eigenvalue weighted by atomic mass is 35.5. The van der Waals surface area contributed by atoms with E-state index in [4.69, 9.17) is 26.6 Å². The van der Waals surface area contributed by atoms with Crippen molar-refractivity contribution in [2.24, 2.45) is 0 Å². The van der Waals surface area contributed by atoms with Gasteiger partial charge >= 0.3 is 0 Å². The zero-order chi connectivity index (χ0) is 19.5. The normalized spacial score (nSPS) is 10.9. The molecule has 0 fully saturated rings. The van der Waals surface area contributed by atoms with Crippen LogP contribution in [0.3, 0.4) is 0 Å². The first-order valence-electron chi connectivity index (χ1n) is 8.32. The number of hydrogen-bond donors (Lipinski definition) is 1. The summed E-state index contributed by atoms with van der Waals surface area (Å²) >= 11 is 7.42. The van der Waals surface area contributed by atoms with E-state index in [9.17, 15) is 0 Å². The van der Waals surface area contributed by atoms with Crippen molar-refractivity contribution in [1.82, 2.24) is 19.9 Å². The highest BCUT2D eigenvalue weighted by molar-refractivity contribution is 7.98. The molecule has 0 aliphatic carbocycles. The van der Waals surface area contributed by atoms with E-state index in [1.165, 1.54) is 16.4 Å². The summed E-state index contributed by atoms with van der Waals surface area (Å²) in [4.78, 5) is 4.31. The van der Waals surface area contributed by atoms with Gasteiger partial charge in [-0.1, -0.05) is 35.5 Å². The SMILES string of the molecule is COc1ccc(-c2nnc(SCc3ncc(-c4cccc(Cl)c4)o3)n2N)cc1. The van der Waals surface area contributed by atoms with Gasteiger partial charge in [-0.2, -0.15) is 0 Å². The number of thioether (sulfide) groups is 1. The van der Waals surface area contributed by atoms with E-state index < -0.39 is 0 Å². The summed E-state index contributed by atoms with van der Waals surface area (Å²) in [7, 11) is 1.62. The highest BCUT2D eigenvalue weighted by Crippen LogP contribution is 2.28. The van der Waals surface area contributed by atoms with Crippen molar-refractivity contribution in [3.05, 3.63) is 65.6 Å². The molecule has 2 aromatic carbocycles. The number of ether oxygens (including phenoxy) is 1. The Hall–Kier alpha value is -2.97. The summed E-state index contributed by atoms with van der Waals surface area (Å²) in [6.45, 7) is 0. The summed E-state index contributed by atoms with van der Waals surface area (Å²) in [5.41, 5.74) is 1.72. The van der Waals surface area contributed by atoms with Gasteiger partial charge in [-0.15, -0.1) is 10.2 Å². The molecule has 0 spiro atoms. The molecule has 0 atom stereocenters. The predicted molar refractivity (Wildman–Crippen MR) is 109 cm³/mol. The fourth-order valence-electron chi connectivity index (χ4n) is 2.59. The first-order valence-corrected chi connectivity index (χ1v) is 9.69. The van der Waals surface area contributed by atoms with Gasteiger partial charge in [-0.25, -0.2) is 9.66 Å². The van der Waals surface area contributed by atoms with Crippen molar-refractivity contribution in [3.63, 3.8) is 0 Å². The average Bonchev–Trinajstić information content (AvgIpc) is 3.33. The van der Waals surface area contributed by atoms with E-state index in [2.05, 4.69) is 15.2 Å². The number of nitrogens with zero attached hydrogens (tertiary/aromatic N) is 4. The standard InChI is InChI=1S/C19H16ClN5O2S/c1-26-15-7-5-12(6-8-15)18-23-24-19(25(18)21)28-11-17-22-10-16(27-17)13-3-2-4-14(20)9-13/h2-10H,11,21H2,1H3. The van der Waals surface area contributed by atoms with Crippen LogP contribution in [0.5, 0.6) is 5.75 Å². The van der Waals surface area contributed by atoms with E-state index in [0.29, 0.717) is 33.4 Å². The zero-order valence-electron chi connectivity index (χ0n) is 14.9. The first-order chi connectivity index (χ1) is 13.6. The molecule has 0 aliphatic rings. The fraction of sp³-hybridized carbons (Fsp3) is 0.105. The Morgan fingerprint density at radius 3 is 2.71 bits per heavy atom. The smallest absolute Gasteiger partial charge is 0.210 e. The molecule has 4 rings (SSSR count). The van der Waals surface area contributed by atoms with E-state index in [-0.39, 0.29) is 0 Å². The van der Waals surface area contributed by atoms with Crippen LogP contribution in [0, 0.1) is 0 Å². The number of rotatable bonds is 6. The molecule has 7 nitrogen and oxygen atoms in total. The molecule has 2 heterocycles. The van der Waals surface area contributed by atoms with Gasteiger partial charge in [0, 0.05) is 16.1 Å². The summed E-state index contributed by atoms with van der Waals surface area (Å²) in [6.07, 6.45) is 1.68. The Bertz CT molecular complexity index is 1090. The molecular weight excluding hydrogens is 398 g/mol. The molecule has 28 heavy (non-hydrogen) atoms. The molecule has 2 aromatic heterocycles. The average molecular weight is 414 g/mol. The second kappa shape index (κ2) is 7.95. The van der Waals surface area contributed by atoms with Crippen LogP contribution < -0.4 is 10.6 Å². The lowest BCUT2D eigenvalue weighted by Crippen LogP contribution is -2.11. The summed E-state index contributed by atoms with van der Waals surface area (Å²) in [5, 5.41) is 9.54. The molecule has 0 saturated heterocycles. The van der Waals surface area contributed by atoms with Crippen molar-refractivity contribution in [3.8, 4) is 28.5 Å². The van der Waals surface area contributed by atoms with Gasteiger partial charge in [0.15, 0.2) is 11.6 Å². The van der Waals surface area contributed by atoms with Crippen LogP contribution in [-0.2, 0) is 5.75 Å². The Morgan fingerprint density at radius 1 is 1.14 bits per heavy atom. The lowest BCUT2D eigenvalue weighted by molar-refractivity contribution is 0.415. The summed E-state index contributed by atoms with van der Waals surface area (Å²) < 4.78 is 12.4. The van der Waals surface area contributed by atoms with Crippen LogP contribution in [-0.4, -0.2) is 27.0 Å². The molecular formula is C19H16ClN5O2S. The lowest BCUT2D eigenvalue weighted by Gasteiger charge is -2.04. The van der Waals surface area contributed by atoms with Gasteiger partial charge in [0.1, 0.15) is 5.75 Å². The quantitative estimate of drug-likeness (QED) is 0.372. The fourth-order valence-corrected chi connectivity index (χ4v) is 3.49. The van der Waals surface area contributed by atoms with Crippen molar-refractivity contribution in [1.29, 1.82) is 0 Å². The number of oxazole rings is 1. The molecule has 9 heteroatoms. The number of halogens is 1. The van der Waals surface area contributed by atoms with Gasteiger partial charge in [-0.3, -0.25) is 0 Å². The minimum Gasteiger partial charge on any atom is -0.497 e. The van der Waals surface area contributed by atoms with Crippen LogP contribution in [0.15, 0.2) is 64.3 Å². The second-order valence-electron chi connectivity index (χ2n) is 5.82. The van der Waals surface area contributed by atoms with Crippen molar-refractivity contribution >= 4 is 23.4 Å². The summed E-state index contributed by atoms with van der Waals surface area (Å²) in [5.74, 6) is 9.18. The van der Waals surface area contributed by atoms with Crippen LogP contribution >= 0.6 is 23.4 Å². The van der Waals surface area contributed by atoms with E-state index in [1.807, 2.05) is 48.5 Å². The van der Waals surface area contributed by atoms with Gasteiger partial charge in [-0.05, 0) is 36.4 Å². The first kappa shape index (κ1) is 18.4. The van der Waals surface area contributed by atoms with Crippen LogP contribution in [0.2, 0.25) is 5.02 Å². The third-order valence-corrected chi connectivity index (χ3v) is 5.16. The number of benzene rings is 2. The van der Waals surface area contributed by atoms with Crippen LogP contribution in [0.4, 0.5) is 0 Å². The molecule has 142 valence electrons. The molecule has 4 aromatic rings. The zero-order valence-corrected chi connectivity index (χ0v) is 16.4. The Kier molecular flexibility index (Phi) is 5.23. The van der Waals surface area contributed by atoms with E-state index in [1.54, 1.807) is 13.3 Å². The number of nitrogens with two attached hydrogens (primary N) is 1. The van der Waals surface area contributed by atoms with Crippen LogP contribution in [0.25, 0.3) is 22.7 Å². The van der Waals surface area contributed by atoms with Crippen molar-refractivity contribution < 1.29 is 9.15 Å². The van der Waals surface area contributed by atoms with E-state index >= 15 is 0 Å². The van der Waals surface area contributed by atoms with Gasteiger partial charge in [0.05, 0.1) is 19.1 Å². The van der Waals surface area contributed by atoms with Gasteiger partial charge in [0.2, 0.25) is 11.0 Å². The molecule has 0 bridgehead atoms. The largest absolute Gasteiger partial charge is 0.497 e. The molecule has 0 radical (unpaired) electrons. The molecule has 0 unspecified atom stereocenters. The van der Waals surface area contributed by atoms with Gasteiger partial charge in [0.25, 0.3) is 0 Å². The third-order valence-electron chi connectivity index (χ3n) is 4.00. The maximum Gasteiger partial charge on any atom is 0.210 e. The van der Waals surface area contributed by atoms with Crippen molar-refractivity contribution in [2.75, 3.05) is 13.0 Å². The maximum absolute atomic E-state index is 6.16. The molecule has 0 aliphatic heterocycles. The molecule has 0 saturated carbocycles. The predicted octanol–water partition coefficient (Wildman–Crippen LogP) is 4.27. The molecule has 2 N–H and O–H groups in total. The Labute approximate surface area is 170 Å². The number of hydrogen-bond acceptors (Lipinski definition) is 7. The number of aromatic nitrogens is 4. The molecule has 0 amide bonds. The highest BCUT2D eigenvalue weighted by Gasteiger charge is 2.14. The number of nitrogen functional groups attached to an aromatic ring is 1. The monoisotopic (exact) mass is 413 g/mol. The third kappa shape index (κ3) is 3.83. The van der Waals surface area contributed by atoms with Gasteiger partial charge < -0.3 is 15.0 Å². The summed E-state index contributed by atoms with van der Waals surface area (Å²) in [6, 6.07) is 14.9. The van der Waals surface area contributed by atoms with Crippen molar-refractivity contribution in [2.45, 2.75) is 10.9 Å². The lowest BCUT2D eigenvalue weighted by atomic mass is 10.2. The van der Waals surface area contributed by atoms with E-state index in [0.717, 1.165) is 16.9 Å². The topological polar surface area (TPSA) is 92.0 Å². The minimum absolute atomic E-state index is 0.471.